The van der Waals surface area contributed by atoms with E-state index in [0.717, 1.165) is 0 Å². The third-order valence-electron chi connectivity index (χ3n) is 5.07. The Morgan fingerprint density at radius 3 is 2.38 bits per heavy atom. The summed E-state index contributed by atoms with van der Waals surface area (Å²) in [5.41, 5.74) is -1.14. The zero-order valence-electron chi connectivity index (χ0n) is 14.7. The first-order valence-electron chi connectivity index (χ1n) is 8.76. The molecule has 1 aromatic rings. The summed E-state index contributed by atoms with van der Waals surface area (Å²) >= 11 is 0. The molecule has 0 atom stereocenters. The Balaban J connectivity index is 2.14. The van der Waals surface area contributed by atoms with Gasteiger partial charge in [0.1, 0.15) is 5.82 Å². The number of carbonyl (C=O) groups is 1. The number of aromatic nitrogens is 1. The van der Waals surface area contributed by atoms with Crippen molar-refractivity contribution in [3.8, 4) is 0 Å². The molecule has 0 unspecified atom stereocenters. The van der Waals surface area contributed by atoms with Crippen LogP contribution in [-0.4, -0.2) is 29.8 Å². The molecule has 3 rings (SSSR count). The molecule has 0 bridgehead atoms. The van der Waals surface area contributed by atoms with Crippen LogP contribution in [0.1, 0.15) is 72.1 Å². The number of anilines is 1. The SMILES string of the molecule is CC(=O)c1c(N2CCCC(F)(F)CC2)nc(C2CC2)c(C(F)(F)F)c1C. The molecule has 2 aliphatic rings. The zero-order valence-corrected chi connectivity index (χ0v) is 14.7. The van der Waals surface area contributed by atoms with Crippen molar-refractivity contribution in [1.29, 1.82) is 0 Å². The molecule has 0 amide bonds. The summed E-state index contributed by atoms with van der Waals surface area (Å²) in [4.78, 5) is 17.9. The van der Waals surface area contributed by atoms with Gasteiger partial charge >= 0.3 is 6.18 Å². The van der Waals surface area contributed by atoms with E-state index in [1.807, 2.05) is 0 Å². The number of alkyl halides is 5. The number of halogens is 5. The number of hydrogen-bond acceptors (Lipinski definition) is 3. The largest absolute Gasteiger partial charge is 0.418 e. The van der Waals surface area contributed by atoms with Crippen LogP contribution < -0.4 is 4.90 Å². The fourth-order valence-electron chi connectivity index (χ4n) is 3.65. The van der Waals surface area contributed by atoms with E-state index in [2.05, 4.69) is 4.98 Å². The van der Waals surface area contributed by atoms with E-state index < -0.39 is 29.9 Å². The lowest BCUT2D eigenvalue weighted by Gasteiger charge is -2.27. The van der Waals surface area contributed by atoms with Gasteiger partial charge in [0.05, 0.1) is 16.8 Å². The second-order valence-electron chi connectivity index (χ2n) is 7.22. The lowest BCUT2D eigenvalue weighted by Crippen LogP contribution is -2.30. The lowest BCUT2D eigenvalue weighted by atomic mass is 9.96. The number of carbonyl (C=O) groups excluding carboxylic acids is 1. The molecule has 144 valence electrons. The standard InChI is InChI=1S/C18H21F5N2O/c1-10-13(11(2)26)16(25-8-3-6-17(19,20)7-9-25)24-15(12-4-5-12)14(10)18(21,22)23/h12H,3-9H2,1-2H3. The summed E-state index contributed by atoms with van der Waals surface area (Å²) < 4.78 is 68.2. The maximum absolute atomic E-state index is 13.7. The minimum Gasteiger partial charge on any atom is -0.356 e. The quantitative estimate of drug-likeness (QED) is 0.543. The van der Waals surface area contributed by atoms with Crippen molar-refractivity contribution in [2.24, 2.45) is 0 Å². The first kappa shape index (κ1) is 19.0. The zero-order chi connectivity index (χ0) is 19.3. The lowest BCUT2D eigenvalue weighted by molar-refractivity contribution is -0.139. The van der Waals surface area contributed by atoms with Crippen LogP contribution in [0.2, 0.25) is 0 Å². The molecule has 0 spiro atoms. The van der Waals surface area contributed by atoms with Crippen molar-refractivity contribution in [2.75, 3.05) is 18.0 Å². The molecule has 0 N–H and O–H groups in total. The summed E-state index contributed by atoms with van der Waals surface area (Å²) in [6.07, 6.45) is -3.84. The summed E-state index contributed by atoms with van der Waals surface area (Å²) in [6.45, 7) is 2.69. The van der Waals surface area contributed by atoms with Gasteiger partial charge in [-0.1, -0.05) is 0 Å². The van der Waals surface area contributed by atoms with Gasteiger partial charge in [-0.05, 0) is 38.7 Å². The first-order chi connectivity index (χ1) is 12.0. The molecule has 1 saturated carbocycles. The molecule has 0 aromatic carbocycles. The molecule has 2 fully saturated rings. The Morgan fingerprint density at radius 2 is 1.85 bits per heavy atom. The smallest absolute Gasteiger partial charge is 0.356 e. The normalized spacial score (nSPS) is 20.8. The van der Waals surface area contributed by atoms with Crippen LogP contribution in [0.4, 0.5) is 27.8 Å². The fraction of sp³-hybridized carbons (Fsp3) is 0.667. The van der Waals surface area contributed by atoms with Crippen LogP contribution >= 0.6 is 0 Å². The number of nitrogens with zero attached hydrogens (tertiary/aromatic N) is 2. The van der Waals surface area contributed by atoms with Crippen molar-refractivity contribution >= 4 is 11.6 Å². The van der Waals surface area contributed by atoms with Crippen LogP contribution in [0.15, 0.2) is 0 Å². The van der Waals surface area contributed by atoms with E-state index in [1.165, 1.54) is 13.8 Å². The van der Waals surface area contributed by atoms with Crippen LogP contribution in [0, 0.1) is 6.92 Å². The fourth-order valence-corrected chi connectivity index (χ4v) is 3.65. The Hall–Kier alpha value is -1.73. The van der Waals surface area contributed by atoms with Crippen molar-refractivity contribution in [3.05, 3.63) is 22.4 Å². The Labute approximate surface area is 148 Å². The van der Waals surface area contributed by atoms with E-state index in [1.54, 1.807) is 4.90 Å². The molecule has 3 nitrogen and oxygen atoms in total. The second-order valence-corrected chi connectivity index (χ2v) is 7.22. The van der Waals surface area contributed by atoms with Gasteiger partial charge < -0.3 is 4.90 Å². The molecule has 1 aromatic heterocycles. The summed E-state index contributed by atoms with van der Waals surface area (Å²) in [7, 11) is 0. The van der Waals surface area contributed by atoms with Gasteiger partial charge in [-0.15, -0.1) is 0 Å². The Kier molecular flexibility index (Phi) is 4.73. The third-order valence-corrected chi connectivity index (χ3v) is 5.07. The van der Waals surface area contributed by atoms with Crippen molar-refractivity contribution in [2.45, 2.75) is 64.0 Å². The molecular formula is C18H21F5N2O. The predicted molar refractivity (Wildman–Crippen MR) is 87.0 cm³/mol. The maximum Gasteiger partial charge on any atom is 0.418 e. The van der Waals surface area contributed by atoms with Gasteiger partial charge in [-0.3, -0.25) is 4.79 Å². The van der Waals surface area contributed by atoms with Gasteiger partial charge in [0.15, 0.2) is 5.78 Å². The van der Waals surface area contributed by atoms with E-state index in [4.69, 9.17) is 0 Å². The molecule has 1 saturated heterocycles. The molecule has 1 aliphatic heterocycles. The van der Waals surface area contributed by atoms with Crippen LogP contribution in [-0.2, 0) is 6.18 Å². The van der Waals surface area contributed by atoms with Gasteiger partial charge in [-0.2, -0.15) is 13.2 Å². The monoisotopic (exact) mass is 376 g/mol. The van der Waals surface area contributed by atoms with Crippen molar-refractivity contribution < 1.29 is 26.7 Å². The van der Waals surface area contributed by atoms with Gasteiger partial charge in [0, 0.05) is 31.8 Å². The highest BCUT2D eigenvalue weighted by Crippen LogP contribution is 2.48. The summed E-state index contributed by atoms with van der Waals surface area (Å²) in [5.74, 6) is -3.49. The minimum absolute atomic E-state index is 0.0325. The van der Waals surface area contributed by atoms with Gasteiger partial charge in [0.2, 0.25) is 5.92 Å². The minimum atomic E-state index is -4.61. The third kappa shape index (κ3) is 3.69. The van der Waals surface area contributed by atoms with Crippen LogP contribution in [0.3, 0.4) is 0 Å². The maximum atomic E-state index is 13.7. The number of ketones is 1. The van der Waals surface area contributed by atoms with Gasteiger partial charge in [0.25, 0.3) is 0 Å². The Bertz CT molecular complexity index is 725. The molecule has 0 radical (unpaired) electrons. The summed E-state index contributed by atoms with van der Waals surface area (Å²) in [6, 6.07) is 0. The topological polar surface area (TPSA) is 33.2 Å². The van der Waals surface area contributed by atoms with E-state index in [0.29, 0.717) is 12.8 Å². The average Bonchev–Trinajstić information content (AvgIpc) is 3.32. The highest BCUT2D eigenvalue weighted by Gasteiger charge is 2.43. The number of pyridine rings is 1. The molecular weight excluding hydrogens is 355 g/mol. The van der Waals surface area contributed by atoms with Crippen LogP contribution in [0.25, 0.3) is 0 Å². The molecule has 2 heterocycles. The highest BCUT2D eigenvalue weighted by atomic mass is 19.4. The number of Topliss-reactive ketones (excluding diaryl/α,β-unsaturated/α-hetero) is 1. The van der Waals surface area contributed by atoms with Crippen molar-refractivity contribution in [3.63, 3.8) is 0 Å². The van der Waals surface area contributed by atoms with Gasteiger partial charge in [-0.25, -0.2) is 13.8 Å². The van der Waals surface area contributed by atoms with E-state index in [9.17, 15) is 26.7 Å². The second kappa shape index (κ2) is 6.46. The molecule has 8 heteroatoms. The summed E-state index contributed by atoms with van der Waals surface area (Å²) in [5, 5.41) is 0. The number of hydrogen-bond donors (Lipinski definition) is 0. The predicted octanol–water partition coefficient (Wildman–Crippen LogP) is 5.11. The number of rotatable bonds is 3. The van der Waals surface area contributed by atoms with Crippen LogP contribution in [0.5, 0.6) is 0 Å². The Morgan fingerprint density at radius 1 is 1.19 bits per heavy atom. The van der Waals surface area contributed by atoms with Crippen molar-refractivity contribution in [1.82, 2.24) is 4.98 Å². The first-order valence-corrected chi connectivity index (χ1v) is 8.76. The highest BCUT2D eigenvalue weighted by molar-refractivity contribution is 6.00. The van der Waals surface area contributed by atoms with E-state index >= 15 is 0 Å². The van der Waals surface area contributed by atoms with E-state index in [-0.39, 0.29) is 54.5 Å². The molecule has 1 aliphatic carbocycles. The molecule has 26 heavy (non-hydrogen) atoms. The average molecular weight is 376 g/mol.